The van der Waals surface area contributed by atoms with E-state index in [1.54, 1.807) is 6.07 Å². The maximum atomic E-state index is 12.9. The number of aromatic amines is 1. The first-order chi connectivity index (χ1) is 25.4. The summed E-state index contributed by atoms with van der Waals surface area (Å²) in [4.78, 5) is 29.5. The number of aliphatic hydroxyl groups is 1. The number of ether oxygens (including phenoxy) is 2. The number of carbonyl (C=O) groups is 1. The second-order valence-corrected chi connectivity index (χ2v) is 13.8. The zero-order valence-electron chi connectivity index (χ0n) is 28.5. The van der Waals surface area contributed by atoms with E-state index in [1.807, 2.05) is 97.1 Å². The smallest absolute Gasteiger partial charge is 0.411 e. The van der Waals surface area contributed by atoms with E-state index in [0.29, 0.717) is 34.6 Å². The van der Waals surface area contributed by atoms with Gasteiger partial charge in [0.15, 0.2) is 0 Å². The van der Waals surface area contributed by atoms with Crippen molar-refractivity contribution in [2.24, 2.45) is 0 Å². The number of nitrogens with zero attached hydrogens (tertiary/aromatic N) is 1. The Morgan fingerprint density at radius 3 is 2.33 bits per heavy atom. The molecule has 1 aromatic heterocycles. The maximum Gasteiger partial charge on any atom is 0.411 e. The van der Waals surface area contributed by atoms with E-state index in [-0.39, 0.29) is 23.3 Å². The van der Waals surface area contributed by atoms with Crippen molar-refractivity contribution < 1.29 is 24.5 Å². The normalized spacial score (nSPS) is 14.2. The first-order valence-electron chi connectivity index (χ1n) is 17.3. The third-order valence-corrected chi connectivity index (χ3v) is 10.1. The Morgan fingerprint density at radius 2 is 1.54 bits per heavy atom. The summed E-state index contributed by atoms with van der Waals surface area (Å²) in [6.07, 6.45) is -0.0357. The van der Waals surface area contributed by atoms with Crippen LogP contribution >= 0.6 is 11.3 Å². The van der Waals surface area contributed by atoms with E-state index in [4.69, 9.17) is 9.47 Å². The highest BCUT2D eigenvalue weighted by Gasteiger charge is 2.24. The lowest BCUT2D eigenvalue weighted by Gasteiger charge is -2.32. The Labute approximate surface area is 305 Å². The van der Waals surface area contributed by atoms with Gasteiger partial charge in [0.05, 0.1) is 16.5 Å². The molecule has 52 heavy (non-hydrogen) atoms. The number of aromatic nitrogens is 1. The molecule has 1 atom stereocenters. The largest absolute Gasteiger partial charge is 0.506 e. The van der Waals surface area contributed by atoms with Gasteiger partial charge in [-0.1, -0.05) is 102 Å². The molecule has 11 heteroatoms. The highest BCUT2D eigenvalue weighted by molar-refractivity contribution is 7.16. The van der Waals surface area contributed by atoms with Gasteiger partial charge in [-0.3, -0.25) is 15.0 Å². The van der Waals surface area contributed by atoms with Gasteiger partial charge in [-0.05, 0) is 42.7 Å². The van der Waals surface area contributed by atoms with Crippen molar-refractivity contribution in [3.05, 3.63) is 142 Å². The molecule has 0 bridgehead atoms. The van der Waals surface area contributed by atoms with Gasteiger partial charge in [-0.25, -0.2) is 4.79 Å². The number of rotatable bonds is 12. The lowest BCUT2D eigenvalue weighted by atomic mass is 10.0. The average Bonchev–Trinajstić information content (AvgIpc) is 3.56. The van der Waals surface area contributed by atoms with E-state index in [0.717, 1.165) is 71.0 Å². The Hall–Kier alpha value is -5.46. The second kappa shape index (κ2) is 16.3. The van der Waals surface area contributed by atoms with E-state index in [9.17, 15) is 19.8 Å². The number of carbonyl (C=O) groups excluding carboxylic acids is 1. The molecule has 1 aliphatic heterocycles. The molecule has 266 valence electrons. The molecule has 0 saturated carbocycles. The molecule has 0 aliphatic carbocycles. The number of likely N-dealkylation sites (tertiary alicyclic amines) is 1. The van der Waals surface area contributed by atoms with Crippen LogP contribution in [0.2, 0.25) is 0 Å². The molecule has 1 unspecified atom stereocenters. The summed E-state index contributed by atoms with van der Waals surface area (Å²) in [5, 5.41) is 27.3. The number of thiazole rings is 1. The van der Waals surface area contributed by atoms with Gasteiger partial charge in [0.2, 0.25) is 0 Å². The van der Waals surface area contributed by atoms with Gasteiger partial charge >= 0.3 is 11.0 Å². The minimum absolute atomic E-state index is 0.0244. The number of H-pyrrole nitrogens is 1. The van der Waals surface area contributed by atoms with Crippen LogP contribution in [0.15, 0.2) is 120 Å². The monoisotopic (exact) mass is 716 g/mol. The van der Waals surface area contributed by atoms with Gasteiger partial charge in [0, 0.05) is 55.0 Å². The zero-order chi connectivity index (χ0) is 35.9. The van der Waals surface area contributed by atoms with Crippen LogP contribution in [0.3, 0.4) is 0 Å². The number of aromatic hydroxyl groups is 1. The van der Waals surface area contributed by atoms with Crippen molar-refractivity contribution in [2.45, 2.75) is 38.1 Å². The number of fused-ring (bicyclic) bond motifs is 1. The summed E-state index contributed by atoms with van der Waals surface area (Å²) < 4.78 is 12.9. The number of hydrogen-bond donors (Lipinski definition) is 5. The molecule has 10 nitrogen and oxygen atoms in total. The molecule has 1 saturated heterocycles. The summed E-state index contributed by atoms with van der Waals surface area (Å²) in [6.45, 7) is 2.93. The van der Waals surface area contributed by atoms with Crippen LogP contribution in [0.25, 0.3) is 21.3 Å². The Morgan fingerprint density at radius 1 is 0.865 bits per heavy atom. The number of hydrogen-bond acceptors (Lipinski definition) is 9. The standard InChI is InChI=1S/C41H40N4O6S/c46-34-19-18-32(39-38(34)44-41(49)52-39)35(47)25-42-24-28-12-4-8-16-36(28)51-37-17-9-5-13-29(37)26-45-22-20-30(21-23-45)50-40(48)43-33-15-7-6-14-31(33)27-10-2-1-3-11-27/h1-19,30,35,42,46-47H,20-26H2,(H,43,48)(H,44,49). The van der Waals surface area contributed by atoms with Crippen LogP contribution in [0.1, 0.15) is 35.6 Å². The molecule has 1 aliphatic rings. The summed E-state index contributed by atoms with van der Waals surface area (Å²) >= 11 is 0.966. The number of benzene rings is 5. The molecule has 2 heterocycles. The van der Waals surface area contributed by atoms with Crippen molar-refractivity contribution in [3.8, 4) is 28.4 Å². The third-order valence-electron chi connectivity index (χ3n) is 9.22. The molecular weight excluding hydrogens is 677 g/mol. The number of aliphatic hydroxyl groups excluding tert-OH is 1. The fraction of sp³-hybridized carbons (Fsp3) is 0.220. The predicted molar refractivity (Wildman–Crippen MR) is 204 cm³/mol. The van der Waals surface area contributed by atoms with Crippen LogP contribution in [0.4, 0.5) is 10.5 Å². The highest BCUT2D eigenvalue weighted by Crippen LogP contribution is 2.33. The Balaban J connectivity index is 0.921. The Bertz CT molecular complexity index is 2200. The van der Waals surface area contributed by atoms with Crippen LogP contribution in [0, 0.1) is 0 Å². The number of phenols is 1. The molecule has 0 radical (unpaired) electrons. The lowest BCUT2D eigenvalue weighted by Crippen LogP contribution is -2.38. The van der Waals surface area contributed by atoms with E-state index >= 15 is 0 Å². The van der Waals surface area contributed by atoms with E-state index in [2.05, 4.69) is 26.6 Å². The van der Waals surface area contributed by atoms with Crippen molar-refractivity contribution in [1.82, 2.24) is 15.2 Å². The van der Waals surface area contributed by atoms with Gasteiger partial charge < -0.3 is 30.0 Å². The molecule has 0 spiro atoms. The average molecular weight is 717 g/mol. The van der Waals surface area contributed by atoms with Gasteiger partial charge in [-0.2, -0.15) is 0 Å². The SMILES string of the molecule is O=C(Nc1ccccc1-c1ccccc1)OC1CCN(Cc2ccccc2Oc2ccccc2CNCC(O)c2ccc(O)c3[nH]c(=O)sc23)CC1. The molecule has 7 rings (SSSR count). The topological polar surface area (TPSA) is 136 Å². The predicted octanol–water partition coefficient (Wildman–Crippen LogP) is 7.79. The summed E-state index contributed by atoms with van der Waals surface area (Å²) in [6, 6.07) is 36.6. The maximum absolute atomic E-state index is 12.9. The van der Waals surface area contributed by atoms with E-state index in [1.165, 1.54) is 6.07 Å². The first-order valence-corrected chi connectivity index (χ1v) is 18.1. The van der Waals surface area contributed by atoms with Gasteiger partial charge in [0.1, 0.15) is 28.9 Å². The fourth-order valence-corrected chi connectivity index (χ4v) is 7.45. The van der Waals surface area contributed by atoms with E-state index < -0.39 is 12.2 Å². The van der Waals surface area contributed by atoms with Crippen LogP contribution in [-0.2, 0) is 17.8 Å². The first kappa shape index (κ1) is 35.0. The number of amides is 1. The van der Waals surface area contributed by atoms with Crippen molar-refractivity contribution in [3.63, 3.8) is 0 Å². The fourth-order valence-electron chi connectivity index (χ4n) is 6.54. The number of anilines is 1. The minimum atomic E-state index is -0.886. The quantitative estimate of drug-likeness (QED) is 0.0867. The van der Waals surface area contributed by atoms with Gasteiger partial charge in [0.25, 0.3) is 0 Å². The minimum Gasteiger partial charge on any atom is -0.506 e. The van der Waals surface area contributed by atoms with Crippen molar-refractivity contribution in [2.75, 3.05) is 25.0 Å². The molecule has 1 amide bonds. The van der Waals surface area contributed by atoms with Crippen LogP contribution in [-0.4, -0.2) is 51.9 Å². The Kier molecular flexibility index (Phi) is 10.9. The molecular formula is C41H40N4O6S. The van der Waals surface area contributed by atoms with Crippen molar-refractivity contribution in [1.29, 1.82) is 0 Å². The summed E-state index contributed by atoms with van der Waals surface area (Å²) in [5.41, 5.74) is 5.58. The molecule has 5 aromatic carbocycles. The number of nitrogens with one attached hydrogen (secondary N) is 3. The summed E-state index contributed by atoms with van der Waals surface area (Å²) in [5.74, 6) is 1.45. The second-order valence-electron chi connectivity index (χ2n) is 12.8. The number of piperidine rings is 1. The van der Waals surface area contributed by atoms with Crippen LogP contribution < -0.4 is 20.2 Å². The summed E-state index contributed by atoms with van der Waals surface area (Å²) in [7, 11) is 0. The number of phenolic OH excluding ortho intramolecular Hbond substituents is 1. The molecule has 1 fully saturated rings. The molecule has 5 N–H and O–H groups in total. The van der Waals surface area contributed by atoms with Crippen molar-refractivity contribution >= 4 is 33.3 Å². The third kappa shape index (κ3) is 8.35. The number of para-hydroxylation sites is 3. The highest BCUT2D eigenvalue weighted by atomic mass is 32.1. The zero-order valence-corrected chi connectivity index (χ0v) is 29.3. The van der Waals surface area contributed by atoms with Gasteiger partial charge in [-0.15, -0.1) is 0 Å². The van der Waals surface area contributed by atoms with Crippen LogP contribution in [0.5, 0.6) is 17.2 Å². The lowest BCUT2D eigenvalue weighted by molar-refractivity contribution is 0.0565. The molecule has 6 aromatic rings.